The molecule has 1 aliphatic rings. The zero-order valence-corrected chi connectivity index (χ0v) is 12.8. The fraction of sp³-hybridized carbons (Fsp3) is 0.316. The van der Waals surface area contributed by atoms with Gasteiger partial charge in [0.05, 0.1) is 13.0 Å². The van der Waals surface area contributed by atoms with Crippen LogP contribution >= 0.6 is 0 Å². The third-order valence-corrected chi connectivity index (χ3v) is 4.16. The highest BCUT2D eigenvalue weighted by Crippen LogP contribution is 2.26. The topological polar surface area (TPSA) is 38.3 Å². The van der Waals surface area contributed by atoms with E-state index in [0.717, 1.165) is 23.3 Å². The zero-order valence-electron chi connectivity index (χ0n) is 12.8. The summed E-state index contributed by atoms with van der Waals surface area (Å²) in [4.78, 5) is 12.1. The molecule has 1 aliphatic heterocycles. The van der Waals surface area contributed by atoms with E-state index in [-0.39, 0.29) is 5.91 Å². The molecule has 1 amide bonds. The molecule has 3 rings (SSSR count). The Hall–Kier alpha value is -2.29. The van der Waals surface area contributed by atoms with E-state index in [2.05, 4.69) is 11.4 Å². The third-order valence-electron chi connectivity index (χ3n) is 4.16. The number of fused-ring (bicyclic) bond motifs is 1. The lowest BCUT2D eigenvalue weighted by Gasteiger charge is -2.25. The van der Waals surface area contributed by atoms with Crippen molar-refractivity contribution < 1.29 is 9.53 Å². The smallest absolute Gasteiger partial charge is 0.224 e. The second-order valence-electron chi connectivity index (χ2n) is 5.90. The number of ether oxygens (including phenoxy) is 1. The van der Waals surface area contributed by atoms with Crippen LogP contribution in [0.15, 0.2) is 48.5 Å². The summed E-state index contributed by atoms with van der Waals surface area (Å²) < 4.78 is 5.75. The molecule has 3 heteroatoms. The quantitative estimate of drug-likeness (QED) is 0.942. The normalized spacial score (nSPS) is 16.5. The lowest BCUT2D eigenvalue weighted by molar-refractivity contribution is -0.120. The monoisotopic (exact) mass is 295 g/mol. The molecule has 2 aromatic carbocycles. The molecule has 0 fully saturated rings. The predicted molar refractivity (Wildman–Crippen MR) is 87.0 cm³/mol. The molecule has 0 bridgehead atoms. The van der Waals surface area contributed by atoms with Crippen LogP contribution in [0, 0.1) is 12.8 Å². The number of rotatable bonds is 4. The van der Waals surface area contributed by atoms with Crippen LogP contribution in [0.3, 0.4) is 0 Å². The summed E-state index contributed by atoms with van der Waals surface area (Å²) in [6.07, 6.45) is 1.40. The second-order valence-corrected chi connectivity index (χ2v) is 5.90. The molecular weight excluding hydrogens is 274 g/mol. The van der Waals surface area contributed by atoms with Crippen molar-refractivity contribution in [2.45, 2.75) is 19.8 Å². The number of amides is 1. The number of aryl methyl sites for hydroxylation is 1. The number of carbonyl (C=O) groups excluding carboxylic acids is 1. The van der Waals surface area contributed by atoms with Gasteiger partial charge in [-0.05, 0) is 36.1 Å². The van der Waals surface area contributed by atoms with Crippen LogP contribution in [-0.2, 0) is 17.6 Å². The lowest BCUT2D eigenvalue weighted by Crippen LogP contribution is -2.35. The van der Waals surface area contributed by atoms with Crippen molar-refractivity contribution in [1.29, 1.82) is 0 Å². The van der Waals surface area contributed by atoms with Crippen molar-refractivity contribution >= 4 is 5.91 Å². The van der Waals surface area contributed by atoms with E-state index in [0.29, 0.717) is 25.5 Å². The summed E-state index contributed by atoms with van der Waals surface area (Å²) in [5.74, 6) is 1.40. The van der Waals surface area contributed by atoms with Gasteiger partial charge in [0.25, 0.3) is 0 Å². The number of hydrogen-bond donors (Lipinski definition) is 1. The van der Waals surface area contributed by atoms with Crippen LogP contribution in [0.5, 0.6) is 5.75 Å². The maximum Gasteiger partial charge on any atom is 0.224 e. The van der Waals surface area contributed by atoms with Crippen LogP contribution in [0.2, 0.25) is 0 Å². The molecule has 114 valence electrons. The van der Waals surface area contributed by atoms with Crippen LogP contribution < -0.4 is 10.1 Å². The molecule has 0 aromatic heterocycles. The van der Waals surface area contributed by atoms with Gasteiger partial charge in [-0.1, -0.05) is 42.5 Å². The molecule has 0 radical (unpaired) electrons. The van der Waals surface area contributed by atoms with E-state index < -0.39 is 0 Å². The molecule has 2 aromatic rings. The zero-order chi connectivity index (χ0) is 15.4. The van der Waals surface area contributed by atoms with E-state index in [1.54, 1.807) is 0 Å². The van der Waals surface area contributed by atoms with E-state index >= 15 is 0 Å². The van der Waals surface area contributed by atoms with Gasteiger partial charge < -0.3 is 10.1 Å². The summed E-state index contributed by atoms with van der Waals surface area (Å²) in [5, 5.41) is 3.04. The van der Waals surface area contributed by atoms with Crippen LogP contribution in [0.4, 0.5) is 0 Å². The first-order valence-corrected chi connectivity index (χ1v) is 7.74. The first-order chi connectivity index (χ1) is 10.7. The Morgan fingerprint density at radius 2 is 1.95 bits per heavy atom. The number of hydrogen-bond acceptors (Lipinski definition) is 2. The average Bonchev–Trinajstić information content (AvgIpc) is 2.55. The van der Waals surface area contributed by atoms with E-state index in [1.807, 2.05) is 49.4 Å². The molecule has 3 nitrogen and oxygen atoms in total. The van der Waals surface area contributed by atoms with Gasteiger partial charge in [-0.25, -0.2) is 0 Å². The summed E-state index contributed by atoms with van der Waals surface area (Å²) >= 11 is 0. The van der Waals surface area contributed by atoms with E-state index in [4.69, 9.17) is 4.74 Å². The van der Waals surface area contributed by atoms with Gasteiger partial charge in [-0.3, -0.25) is 4.79 Å². The summed E-state index contributed by atoms with van der Waals surface area (Å²) in [5.41, 5.74) is 3.48. The van der Waals surface area contributed by atoms with Gasteiger partial charge in [-0.2, -0.15) is 0 Å². The van der Waals surface area contributed by atoms with Gasteiger partial charge in [-0.15, -0.1) is 0 Å². The number of nitrogens with one attached hydrogen (secondary N) is 1. The Morgan fingerprint density at radius 1 is 1.18 bits per heavy atom. The maximum atomic E-state index is 12.1. The van der Waals surface area contributed by atoms with E-state index in [1.165, 1.54) is 5.56 Å². The van der Waals surface area contributed by atoms with Crippen LogP contribution in [0.1, 0.15) is 16.7 Å². The SMILES string of the molecule is Cc1ccccc1CC(=O)NCC1COc2ccccc2C1. The molecule has 22 heavy (non-hydrogen) atoms. The second kappa shape index (κ2) is 6.65. The first-order valence-electron chi connectivity index (χ1n) is 7.74. The first kappa shape index (κ1) is 14.6. The highest BCUT2D eigenvalue weighted by molar-refractivity contribution is 5.78. The average molecular weight is 295 g/mol. The number of benzene rings is 2. The van der Waals surface area contributed by atoms with Gasteiger partial charge in [0.15, 0.2) is 0 Å². The van der Waals surface area contributed by atoms with Crippen molar-refractivity contribution in [3.63, 3.8) is 0 Å². The van der Waals surface area contributed by atoms with Crippen LogP contribution in [-0.4, -0.2) is 19.1 Å². The fourth-order valence-electron chi connectivity index (χ4n) is 2.82. The summed E-state index contributed by atoms with van der Waals surface area (Å²) in [6, 6.07) is 16.1. The molecule has 1 heterocycles. The minimum Gasteiger partial charge on any atom is -0.493 e. The molecule has 1 N–H and O–H groups in total. The molecule has 1 unspecified atom stereocenters. The Morgan fingerprint density at radius 3 is 2.82 bits per heavy atom. The van der Waals surface area contributed by atoms with Crippen LogP contribution in [0.25, 0.3) is 0 Å². The van der Waals surface area contributed by atoms with Crippen molar-refractivity contribution in [1.82, 2.24) is 5.32 Å². The predicted octanol–water partition coefficient (Wildman–Crippen LogP) is 2.91. The van der Waals surface area contributed by atoms with Crippen molar-refractivity contribution in [3.05, 3.63) is 65.2 Å². The largest absolute Gasteiger partial charge is 0.493 e. The number of para-hydroxylation sites is 1. The molecule has 1 atom stereocenters. The fourth-order valence-corrected chi connectivity index (χ4v) is 2.82. The molecule has 0 saturated carbocycles. The Balaban J connectivity index is 1.51. The van der Waals surface area contributed by atoms with Crippen molar-refractivity contribution in [2.75, 3.05) is 13.2 Å². The minimum atomic E-state index is 0.0770. The minimum absolute atomic E-state index is 0.0770. The molecule has 0 spiro atoms. The molecule has 0 aliphatic carbocycles. The Bertz CT molecular complexity index is 666. The Labute approximate surface area is 131 Å². The standard InChI is InChI=1S/C19H21NO2/c1-14-6-2-3-7-16(14)11-19(21)20-12-15-10-17-8-4-5-9-18(17)22-13-15/h2-9,15H,10-13H2,1H3,(H,20,21). The van der Waals surface area contributed by atoms with Crippen molar-refractivity contribution in [3.8, 4) is 5.75 Å². The van der Waals surface area contributed by atoms with E-state index in [9.17, 15) is 4.79 Å². The van der Waals surface area contributed by atoms with Gasteiger partial charge >= 0.3 is 0 Å². The van der Waals surface area contributed by atoms with Gasteiger partial charge in [0.2, 0.25) is 5.91 Å². The van der Waals surface area contributed by atoms with Gasteiger partial charge in [0.1, 0.15) is 5.75 Å². The summed E-state index contributed by atoms with van der Waals surface area (Å²) in [6.45, 7) is 3.37. The van der Waals surface area contributed by atoms with Gasteiger partial charge in [0, 0.05) is 12.5 Å². The van der Waals surface area contributed by atoms with Crippen molar-refractivity contribution in [2.24, 2.45) is 5.92 Å². The lowest BCUT2D eigenvalue weighted by atomic mass is 9.96. The highest BCUT2D eigenvalue weighted by atomic mass is 16.5. The third kappa shape index (κ3) is 3.48. The Kier molecular flexibility index (Phi) is 4.42. The number of carbonyl (C=O) groups is 1. The summed E-state index contributed by atoms with van der Waals surface area (Å²) in [7, 11) is 0. The molecular formula is C19H21NO2. The maximum absolute atomic E-state index is 12.1. The molecule has 0 saturated heterocycles. The highest BCUT2D eigenvalue weighted by Gasteiger charge is 2.20.